The van der Waals surface area contributed by atoms with E-state index in [1.54, 1.807) is 0 Å². The smallest absolute Gasteiger partial charge is 0.410 e. The lowest BCUT2D eigenvalue weighted by Crippen LogP contribution is -2.66. The van der Waals surface area contributed by atoms with Crippen molar-refractivity contribution >= 4 is 24.8 Å². The summed E-state index contributed by atoms with van der Waals surface area (Å²) in [6.45, 7) is 14.6. The van der Waals surface area contributed by atoms with Crippen molar-refractivity contribution in [1.82, 2.24) is 4.90 Å². The molecule has 0 spiro atoms. The zero-order chi connectivity index (χ0) is 28.8. The van der Waals surface area contributed by atoms with E-state index in [2.05, 4.69) is 86.3 Å². The molecule has 1 amide bonds. The Kier molecular flexibility index (Phi) is 10.2. The molecule has 2 aromatic rings. The van der Waals surface area contributed by atoms with Gasteiger partial charge in [-0.15, -0.1) is 0 Å². The normalized spacial score (nSPS) is 22.1. The standard InChI is InChI=1S/C35H53NO3Si/c1-34(2,3)39-33(37)36-26-17-24-31-28(19-16-25-32(31)36)18-10-9-15-27-38-40(35(4,5)6,29-20-11-7-12-21-29)30-22-13-8-14-23-30/h7-8,11-14,20-23,28,31-32H,9-10,15-19,24-27H2,1-6H3/t28?,31-,32+/m0/s1. The minimum absolute atomic E-state index is 0.0216. The lowest BCUT2D eigenvalue weighted by molar-refractivity contribution is -0.0193. The van der Waals surface area contributed by atoms with E-state index in [0.29, 0.717) is 12.0 Å². The van der Waals surface area contributed by atoms with Crippen molar-refractivity contribution in [3.05, 3.63) is 60.7 Å². The Labute approximate surface area is 245 Å². The molecule has 1 aliphatic carbocycles. The second kappa shape index (κ2) is 13.2. The van der Waals surface area contributed by atoms with Crippen LogP contribution < -0.4 is 10.4 Å². The Balaban J connectivity index is 1.34. The average molecular weight is 564 g/mol. The number of unbranched alkanes of at least 4 members (excludes halogenated alkanes) is 2. The maximum atomic E-state index is 13.0. The molecule has 2 fully saturated rings. The second-order valence-corrected chi connectivity index (χ2v) is 18.4. The fourth-order valence-corrected chi connectivity index (χ4v) is 12.0. The van der Waals surface area contributed by atoms with E-state index in [0.717, 1.165) is 38.3 Å². The van der Waals surface area contributed by atoms with Gasteiger partial charge in [0.15, 0.2) is 0 Å². The van der Waals surface area contributed by atoms with E-state index >= 15 is 0 Å². The summed E-state index contributed by atoms with van der Waals surface area (Å²) >= 11 is 0. The minimum Gasteiger partial charge on any atom is -0.444 e. The highest BCUT2D eigenvalue weighted by Crippen LogP contribution is 2.42. The third-order valence-electron chi connectivity index (χ3n) is 9.09. The summed E-state index contributed by atoms with van der Waals surface area (Å²) in [6.07, 6.45) is 10.7. The van der Waals surface area contributed by atoms with E-state index in [1.807, 2.05) is 20.8 Å². The van der Waals surface area contributed by atoms with Crippen LogP contribution in [0, 0.1) is 11.8 Å². The first kappa shape index (κ1) is 30.8. The van der Waals surface area contributed by atoms with Gasteiger partial charge in [-0.2, -0.15) is 0 Å². The van der Waals surface area contributed by atoms with Crippen molar-refractivity contribution in [3.63, 3.8) is 0 Å². The Morgan fingerprint density at radius 1 is 0.825 bits per heavy atom. The van der Waals surface area contributed by atoms with Gasteiger partial charge in [-0.05, 0) is 73.7 Å². The zero-order valence-corrected chi connectivity index (χ0v) is 27.0. The number of nitrogens with zero attached hydrogens (tertiary/aromatic N) is 1. The molecule has 3 atom stereocenters. The predicted octanol–water partition coefficient (Wildman–Crippen LogP) is 7.94. The Morgan fingerprint density at radius 3 is 2.02 bits per heavy atom. The molecule has 2 aromatic carbocycles. The largest absolute Gasteiger partial charge is 0.444 e. The summed E-state index contributed by atoms with van der Waals surface area (Å²) in [6, 6.07) is 22.3. The third kappa shape index (κ3) is 7.20. The molecule has 1 heterocycles. The molecule has 4 nitrogen and oxygen atoms in total. The monoisotopic (exact) mass is 563 g/mol. The molecule has 1 unspecified atom stereocenters. The molecule has 40 heavy (non-hydrogen) atoms. The van der Waals surface area contributed by atoms with Crippen LogP contribution >= 0.6 is 0 Å². The van der Waals surface area contributed by atoms with Gasteiger partial charge in [0.1, 0.15) is 5.60 Å². The van der Waals surface area contributed by atoms with Gasteiger partial charge in [-0.3, -0.25) is 0 Å². The fourth-order valence-electron chi connectivity index (χ4n) is 7.39. The number of benzene rings is 2. The van der Waals surface area contributed by atoms with Gasteiger partial charge in [-0.1, -0.05) is 114 Å². The third-order valence-corrected chi connectivity index (χ3v) is 14.1. The number of likely N-dealkylation sites (tertiary alicyclic amines) is 1. The second-order valence-electron chi connectivity index (χ2n) is 14.1. The van der Waals surface area contributed by atoms with E-state index in [1.165, 1.54) is 48.9 Å². The van der Waals surface area contributed by atoms with Crippen LogP contribution in [0.4, 0.5) is 4.79 Å². The van der Waals surface area contributed by atoms with Crippen LogP contribution in [0.3, 0.4) is 0 Å². The molecule has 0 bridgehead atoms. The number of ether oxygens (including phenoxy) is 1. The summed E-state index contributed by atoms with van der Waals surface area (Å²) in [5.41, 5.74) is -0.436. The van der Waals surface area contributed by atoms with Crippen molar-refractivity contribution in [1.29, 1.82) is 0 Å². The number of carbonyl (C=O) groups excluding carboxylic acids is 1. The maximum absolute atomic E-state index is 13.0. The molecular weight excluding hydrogens is 510 g/mol. The van der Waals surface area contributed by atoms with Gasteiger partial charge in [0.25, 0.3) is 8.32 Å². The van der Waals surface area contributed by atoms with Gasteiger partial charge >= 0.3 is 6.09 Å². The van der Waals surface area contributed by atoms with E-state index in [9.17, 15) is 4.79 Å². The molecule has 1 saturated heterocycles. The van der Waals surface area contributed by atoms with Gasteiger partial charge in [-0.25, -0.2) is 4.79 Å². The first-order valence-electron chi connectivity index (χ1n) is 15.8. The lowest BCUT2D eigenvalue weighted by Gasteiger charge is -2.47. The molecule has 220 valence electrons. The Bertz CT molecular complexity index is 1020. The fraction of sp³-hybridized carbons (Fsp3) is 0.629. The van der Waals surface area contributed by atoms with Gasteiger partial charge in [0, 0.05) is 19.2 Å². The van der Waals surface area contributed by atoms with Crippen LogP contribution in [0.25, 0.3) is 0 Å². The van der Waals surface area contributed by atoms with E-state index < -0.39 is 13.9 Å². The molecule has 4 rings (SSSR count). The van der Waals surface area contributed by atoms with Crippen molar-refractivity contribution < 1.29 is 14.0 Å². The van der Waals surface area contributed by atoms with Crippen LogP contribution in [0.5, 0.6) is 0 Å². The summed E-state index contributed by atoms with van der Waals surface area (Å²) in [5.74, 6) is 1.35. The highest BCUT2D eigenvalue weighted by Gasteiger charge is 2.50. The first-order chi connectivity index (χ1) is 19.0. The Hall–Kier alpha value is -2.11. The number of piperidine rings is 1. The van der Waals surface area contributed by atoms with Crippen molar-refractivity contribution in [2.24, 2.45) is 11.8 Å². The summed E-state index contributed by atoms with van der Waals surface area (Å²) in [5, 5.41) is 2.73. The molecule has 5 heteroatoms. The average Bonchev–Trinajstić information content (AvgIpc) is 2.92. The van der Waals surface area contributed by atoms with Crippen LogP contribution in [0.15, 0.2) is 60.7 Å². The highest BCUT2D eigenvalue weighted by molar-refractivity contribution is 6.99. The number of carbonyl (C=O) groups is 1. The molecule has 0 aromatic heterocycles. The zero-order valence-electron chi connectivity index (χ0n) is 26.0. The Morgan fingerprint density at radius 2 is 1.45 bits per heavy atom. The first-order valence-corrected chi connectivity index (χ1v) is 17.7. The lowest BCUT2D eigenvalue weighted by atomic mass is 9.69. The number of hydrogen-bond donors (Lipinski definition) is 0. The maximum Gasteiger partial charge on any atom is 0.410 e. The van der Waals surface area contributed by atoms with Gasteiger partial charge in [0.2, 0.25) is 0 Å². The minimum atomic E-state index is -2.45. The van der Waals surface area contributed by atoms with Crippen molar-refractivity contribution in [2.75, 3.05) is 13.2 Å². The van der Waals surface area contributed by atoms with Crippen molar-refractivity contribution in [3.8, 4) is 0 Å². The summed E-state index contributed by atoms with van der Waals surface area (Å²) in [4.78, 5) is 15.0. The molecule has 1 aliphatic heterocycles. The SMILES string of the molecule is CC(C)(C)OC(=O)N1CCC[C@H]2C(CCCCCO[Si](c3ccccc3)(c3ccccc3)C(C)(C)C)CCC[C@H]21. The molecular formula is C35H53NO3Si. The topological polar surface area (TPSA) is 38.8 Å². The van der Waals surface area contributed by atoms with E-state index in [-0.39, 0.29) is 11.1 Å². The predicted molar refractivity (Wildman–Crippen MR) is 169 cm³/mol. The molecule has 1 saturated carbocycles. The van der Waals surface area contributed by atoms with Crippen LogP contribution in [-0.2, 0) is 9.16 Å². The summed E-state index contributed by atoms with van der Waals surface area (Å²) < 4.78 is 12.9. The van der Waals surface area contributed by atoms with Crippen LogP contribution in [0.1, 0.15) is 99.3 Å². The molecule has 0 radical (unpaired) electrons. The number of hydrogen-bond acceptors (Lipinski definition) is 3. The molecule has 2 aliphatic rings. The van der Waals surface area contributed by atoms with E-state index in [4.69, 9.17) is 9.16 Å². The highest BCUT2D eigenvalue weighted by atomic mass is 28.4. The summed E-state index contributed by atoms with van der Waals surface area (Å²) in [7, 11) is -2.45. The van der Waals surface area contributed by atoms with Crippen LogP contribution in [0.2, 0.25) is 5.04 Å². The number of amides is 1. The van der Waals surface area contributed by atoms with Crippen LogP contribution in [-0.4, -0.2) is 44.1 Å². The molecule has 0 N–H and O–H groups in total. The quantitative estimate of drug-likeness (QED) is 0.230. The van der Waals surface area contributed by atoms with Gasteiger partial charge < -0.3 is 14.1 Å². The number of fused-ring (bicyclic) bond motifs is 1. The number of rotatable bonds is 9. The van der Waals surface area contributed by atoms with Crippen molar-refractivity contribution in [2.45, 2.75) is 116 Å². The van der Waals surface area contributed by atoms with Gasteiger partial charge in [0.05, 0.1) is 0 Å².